The minimum Gasteiger partial charge on any atom is -0.788 e. The minimum absolute atomic E-state index is 0.243. The zero-order valence-corrected chi connectivity index (χ0v) is 7.66. The Morgan fingerprint density at radius 2 is 2.08 bits per heavy atom. The van der Waals surface area contributed by atoms with Crippen LogP contribution in [0.25, 0.3) is 0 Å². The van der Waals surface area contributed by atoms with Crippen LogP contribution in [-0.2, 0) is 6.54 Å². The molecule has 0 aromatic heterocycles. The van der Waals surface area contributed by atoms with E-state index < -0.39 is 0 Å². The van der Waals surface area contributed by atoms with Crippen molar-refractivity contribution in [3.05, 3.63) is 29.0 Å². The van der Waals surface area contributed by atoms with Crippen molar-refractivity contribution in [2.45, 2.75) is 6.54 Å². The summed E-state index contributed by atoms with van der Waals surface area (Å²) in [5.41, 5.74) is 2.64. The second-order valence-corrected chi connectivity index (χ2v) is 2.50. The first-order chi connectivity index (χ1) is 6.31. The van der Waals surface area contributed by atoms with Gasteiger partial charge in [0.2, 0.25) is 0 Å². The normalized spacial score (nSPS) is 9.77. The van der Waals surface area contributed by atoms with Gasteiger partial charge in [-0.05, 0) is 6.07 Å². The summed E-state index contributed by atoms with van der Waals surface area (Å²) < 4.78 is 10.1. The third-order valence-electron chi connectivity index (χ3n) is 1.76. The number of rotatable bonds is 4. The first kappa shape index (κ1) is 9.83. The lowest BCUT2D eigenvalue weighted by Crippen LogP contribution is -2.04. The van der Waals surface area contributed by atoms with Crippen LogP contribution < -0.4 is 15.0 Å². The molecular formula is C9H12NO3-. The van der Waals surface area contributed by atoms with Gasteiger partial charge >= 0.3 is 0 Å². The number of hydrogen-bond donors (Lipinski definition) is 1. The molecule has 1 N–H and O–H groups in total. The molecule has 72 valence electrons. The van der Waals surface area contributed by atoms with Gasteiger partial charge in [-0.2, -0.15) is 0 Å². The monoisotopic (exact) mass is 182 g/mol. The Balaban J connectivity index is 2.93. The Bertz CT molecular complexity index is 276. The van der Waals surface area contributed by atoms with E-state index in [-0.39, 0.29) is 6.54 Å². The maximum atomic E-state index is 10.2. The van der Waals surface area contributed by atoms with Crippen molar-refractivity contribution >= 4 is 0 Å². The lowest BCUT2D eigenvalue weighted by atomic mass is 10.2. The fourth-order valence-electron chi connectivity index (χ4n) is 1.08. The van der Waals surface area contributed by atoms with Crippen LogP contribution in [0.1, 0.15) is 5.56 Å². The molecule has 0 saturated heterocycles. The Hall–Kier alpha value is -1.26. The van der Waals surface area contributed by atoms with Crippen LogP contribution in [-0.4, -0.2) is 14.2 Å². The van der Waals surface area contributed by atoms with Gasteiger partial charge in [-0.1, -0.05) is 6.07 Å². The molecule has 0 atom stereocenters. The summed E-state index contributed by atoms with van der Waals surface area (Å²) in [5, 5.41) is 10.2. The topological polar surface area (TPSA) is 53.5 Å². The molecule has 0 aliphatic rings. The number of nitrogens with one attached hydrogen (secondary N) is 1. The average molecular weight is 182 g/mol. The van der Waals surface area contributed by atoms with E-state index in [9.17, 15) is 5.21 Å². The van der Waals surface area contributed by atoms with E-state index in [1.165, 1.54) is 0 Å². The lowest BCUT2D eigenvalue weighted by molar-refractivity contribution is 0.390. The second kappa shape index (κ2) is 4.69. The lowest BCUT2D eigenvalue weighted by Gasteiger charge is -2.12. The Morgan fingerprint density at radius 1 is 1.31 bits per heavy atom. The van der Waals surface area contributed by atoms with E-state index >= 15 is 0 Å². The summed E-state index contributed by atoms with van der Waals surface area (Å²) >= 11 is 0. The fraction of sp³-hybridized carbons (Fsp3) is 0.333. The van der Waals surface area contributed by atoms with Crippen LogP contribution in [0, 0.1) is 5.21 Å². The first-order valence-corrected chi connectivity index (χ1v) is 3.87. The van der Waals surface area contributed by atoms with E-state index in [1.807, 2.05) is 5.48 Å². The largest absolute Gasteiger partial charge is 0.788 e. The van der Waals surface area contributed by atoms with E-state index in [4.69, 9.17) is 9.47 Å². The van der Waals surface area contributed by atoms with Gasteiger partial charge in [-0.3, -0.25) is 0 Å². The van der Waals surface area contributed by atoms with Crippen LogP contribution in [0.4, 0.5) is 0 Å². The highest BCUT2D eigenvalue weighted by Gasteiger charge is 2.02. The van der Waals surface area contributed by atoms with Crippen molar-refractivity contribution in [3.8, 4) is 11.5 Å². The van der Waals surface area contributed by atoms with Crippen molar-refractivity contribution < 1.29 is 9.47 Å². The highest BCUT2D eigenvalue weighted by Crippen LogP contribution is 2.24. The van der Waals surface area contributed by atoms with E-state index in [2.05, 4.69) is 0 Å². The van der Waals surface area contributed by atoms with E-state index in [1.54, 1.807) is 32.4 Å². The highest BCUT2D eigenvalue weighted by molar-refractivity contribution is 5.40. The maximum Gasteiger partial charge on any atom is 0.127 e. The molecule has 0 heterocycles. The number of hydroxylamine groups is 1. The molecule has 0 aliphatic heterocycles. The predicted octanol–water partition coefficient (Wildman–Crippen LogP) is 1.29. The van der Waals surface area contributed by atoms with Crippen molar-refractivity contribution in [2.75, 3.05) is 14.2 Å². The third kappa shape index (κ3) is 2.34. The standard InChI is InChI=1S/C9H12NO3/c1-12-8-4-3-7(6-10-11)9(5-8)13-2/h3-5,10H,6H2,1-2H3/q-1. The summed E-state index contributed by atoms with van der Waals surface area (Å²) in [5.74, 6) is 1.37. The van der Waals surface area contributed by atoms with Crippen LogP contribution in [0.3, 0.4) is 0 Å². The molecule has 0 aliphatic carbocycles. The highest BCUT2D eigenvalue weighted by atomic mass is 16.5. The predicted molar refractivity (Wildman–Crippen MR) is 49.8 cm³/mol. The Kier molecular flexibility index (Phi) is 3.54. The zero-order chi connectivity index (χ0) is 9.68. The van der Waals surface area contributed by atoms with Gasteiger partial charge in [-0.25, -0.2) is 0 Å². The summed E-state index contributed by atoms with van der Waals surface area (Å²) in [6.45, 7) is 0.243. The SMILES string of the molecule is COc1ccc(CN[O-])c(OC)c1. The number of methoxy groups -OCH3 is 2. The Labute approximate surface area is 77.1 Å². The van der Waals surface area contributed by atoms with Gasteiger partial charge in [0.15, 0.2) is 0 Å². The number of benzene rings is 1. The molecule has 0 amide bonds. The van der Waals surface area contributed by atoms with Gasteiger partial charge in [0.05, 0.1) is 14.2 Å². The maximum absolute atomic E-state index is 10.2. The molecule has 0 saturated carbocycles. The molecule has 0 unspecified atom stereocenters. The van der Waals surface area contributed by atoms with Gasteiger partial charge in [-0.15, -0.1) is 0 Å². The molecule has 4 heteroatoms. The van der Waals surface area contributed by atoms with Crippen LogP contribution >= 0.6 is 0 Å². The van der Waals surface area contributed by atoms with E-state index in [0.717, 1.165) is 5.56 Å². The molecule has 1 aromatic carbocycles. The molecule has 0 bridgehead atoms. The summed E-state index contributed by atoms with van der Waals surface area (Å²) in [4.78, 5) is 0. The van der Waals surface area contributed by atoms with Crippen molar-refractivity contribution in [2.24, 2.45) is 0 Å². The van der Waals surface area contributed by atoms with Gasteiger partial charge in [0, 0.05) is 18.2 Å². The fourth-order valence-corrected chi connectivity index (χ4v) is 1.08. The number of ether oxygens (including phenoxy) is 2. The first-order valence-electron chi connectivity index (χ1n) is 3.87. The van der Waals surface area contributed by atoms with Crippen LogP contribution in [0.2, 0.25) is 0 Å². The van der Waals surface area contributed by atoms with E-state index in [0.29, 0.717) is 11.5 Å². The van der Waals surface area contributed by atoms with Gasteiger partial charge < -0.3 is 20.2 Å². The molecule has 0 fully saturated rings. The smallest absolute Gasteiger partial charge is 0.127 e. The quantitative estimate of drug-likeness (QED) is 0.713. The van der Waals surface area contributed by atoms with Crippen molar-refractivity contribution in [3.63, 3.8) is 0 Å². The number of hydrogen-bond acceptors (Lipinski definition) is 4. The van der Waals surface area contributed by atoms with Crippen molar-refractivity contribution in [1.29, 1.82) is 0 Å². The molecule has 4 nitrogen and oxygen atoms in total. The molecule has 1 aromatic rings. The second-order valence-electron chi connectivity index (χ2n) is 2.50. The summed E-state index contributed by atoms with van der Waals surface area (Å²) in [6.07, 6.45) is 0. The summed E-state index contributed by atoms with van der Waals surface area (Å²) in [7, 11) is 3.14. The van der Waals surface area contributed by atoms with Gasteiger partial charge in [0.25, 0.3) is 0 Å². The molecule has 0 radical (unpaired) electrons. The zero-order valence-electron chi connectivity index (χ0n) is 7.66. The average Bonchev–Trinajstić information content (AvgIpc) is 2.19. The van der Waals surface area contributed by atoms with Crippen LogP contribution in [0.15, 0.2) is 18.2 Å². The van der Waals surface area contributed by atoms with Crippen LogP contribution in [0.5, 0.6) is 11.5 Å². The molecular weight excluding hydrogens is 170 g/mol. The molecule has 0 spiro atoms. The minimum atomic E-state index is 0.243. The molecule has 1 rings (SSSR count). The summed E-state index contributed by atoms with van der Waals surface area (Å²) in [6, 6.07) is 5.32. The Morgan fingerprint density at radius 3 is 2.62 bits per heavy atom. The van der Waals surface area contributed by atoms with Crippen molar-refractivity contribution in [1.82, 2.24) is 5.48 Å². The third-order valence-corrected chi connectivity index (χ3v) is 1.76. The molecule has 13 heavy (non-hydrogen) atoms. The van der Waals surface area contributed by atoms with Gasteiger partial charge in [0.1, 0.15) is 11.5 Å².